The molecule has 8 nitrogen and oxygen atoms in total. The number of aliphatic hydroxyl groups is 1. The van der Waals surface area contributed by atoms with Gasteiger partial charge in [0.25, 0.3) is 0 Å². The van der Waals surface area contributed by atoms with Crippen molar-refractivity contribution in [2.75, 3.05) is 26.8 Å². The lowest BCUT2D eigenvalue weighted by atomic mass is 9.97. The van der Waals surface area contributed by atoms with Crippen LogP contribution >= 0.6 is 0 Å². The molecule has 0 bridgehead atoms. The third-order valence-corrected chi connectivity index (χ3v) is 10.3. The summed E-state index contributed by atoms with van der Waals surface area (Å²) in [5, 5.41) is 9.54. The highest BCUT2D eigenvalue weighted by molar-refractivity contribution is 7.89. The zero-order chi connectivity index (χ0) is 31.9. The molecule has 0 spiro atoms. The van der Waals surface area contributed by atoms with Gasteiger partial charge in [-0.3, -0.25) is 4.90 Å². The number of rotatable bonds is 12. The number of likely N-dealkylation sites (tertiary alicyclic amines) is 1. The Morgan fingerprint density at radius 2 is 1.61 bits per heavy atom. The summed E-state index contributed by atoms with van der Waals surface area (Å²) >= 11 is 0. The number of methoxy groups -OCH3 is 1. The summed E-state index contributed by atoms with van der Waals surface area (Å²) in [6.45, 7) is 2.73. The Labute approximate surface area is 272 Å². The van der Waals surface area contributed by atoms with E-state index >= 15 is 0 Å². The minimum Gasteiger partial charge on any atom is -0.392 e. The highest BCUT2D eigenvalue weighted by Crippen LogP contribution is 2.39. The maximum absolute atomic E-state index is 12.9. The van der Waals surface area contributed by atoms with Crippen LogP contribution in [0.4, 0.5) is 0 Å². The SMILES string of the molecule is COC[C@@H]1CCCN1C[C@H]1C[C@@H](c2ccc(CO)cc2)O[C@@H](c2ccc(-c3ccccc3CNS(=O)(=O)c3ccccc3)cc2)O1. The summed E-state index contributed by atoms with van der Waals surface area (Å²) < 4.78 is 47.2. The van der Waals surface area contributed by atoms with Gasteiger partial charge in [-0.2, -0.15) is 0 Å². The van der Waals surface area contributed by atoms with Gasteiger partial charge in [-0.05, 0) is 59.3 Å². The molecule has 2 fully saturated rings. The normalized spacial score (nSPS) is 22.2. The first-order valence-corrected chi connectivity index (χ1v) is 17.4. The van der Waals surface area contributed by atoms with Crippen molar-refractivity contribution in [2.45, 2.75) is 61.8 Å². The van der Waals surface area contributed by atoms with Gasteiger partial charge >= 0.3 is 0 Å². The fraction of sp³-hybridized carbons (Fsp3) is 0.351. The monoisotopic (exact) mass is 642 g/mol. The average Bonchev–Trinajstić information content (AvgIpc) is 3.54. The van der Waals surface area contributed by atoms with Crippen LogP contribution in [-0.4, -0.2) is 57.4 Å². The minimum absolute atomic E-state index is 0.00436. The third kappa shape index (κ3) is 7.75. The quantitative estimate of drug-likeness (QED) is 0.196. The van der Waals surface area contributed by atoms with Gasteiger partial charge < -0.3 is 19.3 Å². The predicted molar refractivity (Wildman–Crippen MR) is 177 cm³/mol. The Kier molecular flexibility index (Phi) is 10.6. The topological polar surface area (TPSA) is 97.3 Å². The van der Waals surface area contributed by atoms with Crippen LogP contribution in [0.1, 0.15) is 53.9 Å². The summed E-state index contributed by atoms with van der Waals surface area (Å²) in [5.41, 5.74) is 5.65. The molecule has 2 saturated heterocycles. The van der Waals surface area contributed by atoms with Gasteiger partial charge in [-0.1, -0.05) is 91.0 Å². The van der Waals surface area contributed by atoms with Crippen molar-refractivity contribution in [1.29, 1.82) is 0 Å². The molecular weight excluding hydrogens is 600 g/mol. The van der Waals surface area contributed by atoms with Crippen LogP contribution in [0.3, 0.4) is 0 Å². The molecule has 0 aromatic heterocycles. The van der Waals surface area contributed by atoms with Gasteiger partial charge in [0.05, 0.1) is 30.3 Å². The molecule has 0 saturated carbocycles. The number of benzene rings is 4. The van der Waals surface area contributed by atoms with Crippen molar-refractivity contribution in [3.8, 4) is 11.1 Å². The van der Waals surface area contributed by atoms with E-state index in [1.165, 1.54) is 0 Å². The Hall–Kier alpha value is -3.41. The van der Waals surface area contributed by atoms with Gasteiger partial charge in [-0.25, -0.2) is 13.1 Å². The molecule has 242 valence electrons. The fourth-order valence-electron chi connectivity index (χ4n) is 6.44. The van der Waals surface area contributed by atoms with Gasteiger partial charge in [-0.15, -0.1) is 0 Å². The highest BCUT2D eigenvalue weighted by Gasteiger charge is 2.35. The van der Waals surface area contributed by atoms with E-state index in [-0.39, 0.29) is 30.3 Å². The summed E-state index contributed by atoms with van der Waals surface area (Å²) in [6, 6.07) is 32.7. The lowest BCUT2D eigenvalue weighted by Gasteiger charge is -2.38. The molecule has 6 rings (SSSR count). The van der Waals surface area contributed by atoms with E-state index in [9.17, 15) is 13.5 Å². The molecule has 2 aliphatic rings. The Balaban J connectivity index is 1.20. The molecule has 0 amide bonds. The van der Waals surface area contributed by atoms with E-state index < -0.39 is 16.3 Å². The number of nitrogens with one attached hydrogen (secondary N) is 1. The molecule has 2 aliphatic heterocycles. The van der Waals surface area contributed by atoms with E-state index in [0.717, 1.165) is 72.3 Å². The van der Waals surface area contributed by atoms with E-state index in [2.05, 4.69) is 9.62 Å². The van der Waals surface area contributed by atoms with Crippen molar-refractivity contribution < 1.29 is 27.7 Å². The standard InChI is InChI=1S/C37H42N2O6S/c1-43-26-32-9-7-21-39(32)24-33-22-36(29-15-13-27(25-40)14-16-29)45-37(44-33)30-19-17-28(18-20-30)35-12-6-5-8-31(35)23-38-46(41,42)34-10-3-2-4-11-34/h2-6,8,10-20,32-33,36-38,40H,7,9,21-26H2,1H3/t32-,33+,36-,37-/m0/s1. The van der Waals surface area contributed by atoms with Crippen LogP contribution in [0.2, 0.25) is 0 Å². The lowest BCUT2D eigenvalue weighted by Crippen LogP contribution is -2.42. The van der Waals surface area contributed by atoms with Gasteiger partial charge in [0.15, 0.2) is 6.29 Å². The van der Waals surface area contributed by atoms with E-state index in [1.807, 2.05) is 72.8 Å². The maximum atomic E-state index is 12.9. The first-order chi connectivity index (χ1) is 22.4. The summed E-state index contributed by atoms with van der Waals surface area (Å²) in [7, 11) is -1.88. The van der Waals surface area contributed by atoms with Gasteiger partial charge in [0.2, 0.25) is 10.0 Å². The predicted octanol–water partition coefficient (Wildman–Crippen LogP) is 5.98. The molecule has 9 heteroatoms. The number of ether oxygens (including phenoxy) is 3. The fourth-order valence-corrected chi connectivity index (χ4v) is 7.47. The van der Waals surface area contributed by atoms with Crippen molar-refractivity contribution >= 4 is 10.0 Å². The Morgan fingerprint density at radius 1 is 0.891 bits per heavy atom. The first-order valence-electron chi connectivity index (χ1n) is 15.9. The molecular formula is C37H42N2O6S. The van der Waals surface area contributed by atoms with E-state index in [4.69, 9.17) is 14.2 Å². The number of hydrogen-bond donors (Lipinski definition) is 2. The molecule has 2 heterocycles. The molecule has 0 aliphatic carbocycles. The second-order valence-electron chi connectivity index (χ2n) is 12.0. The van der Waals surface area contributed by atoms with Crippen LogP contribution in [0.25, 0.3) is 11.1 Å². The summed E-state index contributed by atoms with van der Waals surface area (Å²) in [4.78, 5) is 2.72. The van der Waals surface area contributed by atoms with Crippen LogP contribution in [-0.2, 0) is 37.4 Å². The average molecular weight is 643 g/mol. The summed E-state index contributed by atoms with van der Waals surface area (Å²) in [5.74, 6) is 0. The molecule has 46 heavy (non-hydrogen) atoms. The molecule has 4 atom stereocenters. The largest absolute Gasteiger partial charge is 0.392 e. The zero-order valence-corrected chi connectivity index (χ0v) is 26.9. The molecule has 2 N–H and O–H groups in total. The summed E-state index contributed by atoms with van der Waals surface area (Å²) in [6.07, 6.45) is 2.28. The second kappa shape index (κ2) is 15.0. The third-order valence-electron chi connectivity index (χ3n) is 8.93. The minimum atomic E-state index is -3.64. The van der Waals surface area contributed by atoms with Gasteiger partial charge in [0.1, 0.15) is 0 Å². The maximum Gasteiger partial charge on any atom is 0.240 e. The number of nitrogens with zero attached hydrogens (tertiary/aromatic N) is 1. The van der Waals surface area contributed by atoms with Crippen molar-refractivity contribution in [2.24, 2.45) is 0 Å². The smallest absolute Gasteiger partial charge is 0.240 e. The molecule has 0 unspecified atom stereocenters. The van der Waals surface area contributed by atoms with E-state index in [1.54, 1.807) is 37.4 Å². The number of sulfonamides is 1. The van der Waals surface area contributed by atoms with Crippen LogP contribution in [0, 0.1) is 0 Å². The highest BCUT2D eigenvalue weighted by atomic mass is 32.2. The Morgan fingerprint density at radius 3 is 2.35 bits per heavy atom. The van der Waals surface area contributed by atoms with Crippen LogP contribution in [0.5, 0.6) is 0 Å². The van der Waals surface area contributed by atoms with Crippen molar-refractivity contribution in [3.63, 3.8) is 0 Å². The molecule has 4 aromatic rings. The van der Waals surface area contributed by atoms with Crippen molar-refractivity contribution in [3.05, 3.63) is 125 Å². The Bertz CT molecular complexity index is 1660. The lowest BCUT2D eigenvalue weighted by molar-refractivity contribution is -0.253. The molecule has 0 radical (unpaired) electrons. The second-order valence-corrected chi connectivity index (χ2v) is 13.8. The number of hydrogen-bond acceptors (Lipinski definition) is 7. The zero-order valence-electron chi connectivity index (χ0n) is 26.1. The van der Waals surface area contributed by atoms with Crippen molar-refractivity contribution in [1.82, 2.24) is 9.62 Å². The number of aliphatic hydroxyl groups excluding tert-OH is 1. The van der Waals surface area contributed by atoms with Crippen LogP contribution < -0.4 is 4.72 Å². The van der Waals surface area contributed by atoms with Crippen LogP contribution in [0.15, 0.2) is 108 Å². The van der Waals surface area contributed by atoms with E-state index in [0.29, 0.717) is 6.04 Å². The van der Waals surface area contributed by atoms with Gasteiger partial charge in [0, 0.05) is 38.2 Å². The molecule has 4 aromatic carbocycles. The first kappa shape index (κ1) is 32.5.